The molecule has 0 unspecified atom stereocenters. The number of nitriles is 1. The van der Waals surface area contributed by atoms with Crippen molar-refractivity contribution in [3.05, 3.63) is 34.1 Å². The lowest BCUT2D eigenvalue weighted by Gasteiger charge is -2.04. The first kappa shape index (κ1) is 11.4. The molecule has 1 aliphatic heterocycles. The molecule has 1 aromatic carbocycles. The lowest BCUT2D eigenvalue weighted by molar-refractivity contribution is 0.415. The summed E-state index contributed by atoms with van der Waals surface area (Å²) in [6, 6.07) is 9.94. The molecule has 0 amide bonds. The predicted molar refractivity (Wildman–Crippen MR) is 70.4 cm³/mol. The number of allylic oxidation sites excluding steroid dienone is 1. The van der Waals surface area contributed by atoms with Crippen LogP contribution in [0.1, 0.15) is 5.56 Å². The normalized spacial score (nSPS) is 14.6. The van der Waals surface area contributed by atoms with E-state index in [2.05, 4.69) is 6.07 Å². The monoisotopic (exact) mass is 249 g/mol. The van der Waals surface area contributed by atoms with Gasteiger partial charge in [-0.3, -0.25) is 0 Å². The standard InChI is InChI=1S/C12H11NOS2/c1-14-10-4-2-9(3-5-10)11(8-13)12-15-6-7-16-12/h2-5H,6-7H2,1H3. The minimum Gasteiger partial charge on any atom is -0.497 e. The van der Waals surface area contributed by atoms with Gasteiger partial charge in [0.05, 0.1) is 16.9 Å². The largest absolute Gasteiger partial charge is 0.497 e. The van der Waals surface area contributed by atoms with Crippen LogP contribution in [0.2, 0.25) is 0 Å². The fraction of sp³-hybridized carbons (Fsp3) is 0.250. The van der Waals surface area contributed by atoms with Gasteiger partial charge in [-0.15, -0.1) is 23.5 Å². The quantitative estimate of drug-likeness (QED) is 0.752. The lowest BCUT2D eigenvalue weighted by Crippen LogP contribution is -1.85. The second kappa shape index (κ2) is 5.33. The van der Waals surface area contributed by atoms with E-state index in [0.29, 0.717) is 0 Å². The Bertz CT molecular complexity index is 437. The highest BCUT2D eigenvalue weighted by Gasteiger charge is 2.15. The number of hydrogen-bond acceptors (Lipinski definition) is 4. The molecule has 0 spiro atoms. The van der Waals surface area contributed by atoms with E-state index in [1.807, 2.05) is 24.3 Å². The molecule has 0 radical (unpaired) electrons. The third-order valence-electron chi connectivity index (χ3n) is 2.24. The summed E-state index contributed by atoms with van der Waals surface area (Å²) in [7, 11) is 1.64. The zero-order valence-electron chi connectivity index (χ0n) is 8.90. The second-order valence-corrected chi connectivity index (χ2v) is 5.67. The molecule has 1 fully saturated rings. The van der Waals surface area contributed by atoms with E-state index in [0.717, 1.165) is 32.6 Å². The Morgan fingerprint density at radius 2 is 1.88 bits per heavy atom. The fourth-order valence-electron chi connectivity index (χ4n) is 1.44. The number of hydrogen-bond donors (Lipinski definition) is 0. The molecule has 0 aromatic heterocycles. The molecule has 1 aliphatic rings. The molecule has 0 N–H and O–H groups in total. The van der Waals surface area contributed by atoms with Crippen LogP contribution in [0.5, 0.6) is 5.75 Å². The van der Waals surface area contributed by atoms with Crippen molar-refractivity contribution in [2.24, 2.45) is 0 Å². The smallest absolute Gasteiger partial charge is 0.118 e. The van der Waals surface area contributed by atoms with Gasteiger partial charge < -0.3 is 4.74 Å². The van der Waals surface area contributed by atoms with Crippen LogP contribution in [0.4, 0.5) is 0 Å². The Balaban J connectivity index is 2.34. The lowest BCUT2D eigenvalue weighted by atomic mass is 10.1. The van der Waals surface area contributed by atoms with Gasteiger partial charge in [0.1, 0.15) is 11.8 Å². The summed E-state index contributed by atoms with van der Waals surface area (Å²) in [6.07, 6.45) is 0. The SMILES string of the molecule is COc1ccc(C(C#N)=C2SCCS2)cc1. The van der Waals surface area contributed by atoms with Gasteiger partial charge in [0.2, 0.25) is 0 Å². The van der Waals surface area contributed by atoms with Crippen LogP contribution < -0.4 is 4.74 Å². The summed E-state index contributed by atoms with van der Waals surface area (Å²) >= 11 is 3.54. The molecule has 4 heteroatoms. The molecule has 0 atom stereocenters. The Labute approximate surface area is 104 Å². The van der Waals surface area contributed by atoms with Crippen molar-refractivity contribution in [1.29, 1.82) is 5.26 Å². The van der Waals surface area contributed by atoms with Gasteiger partial charge in [-0.05, 0) is 29.8 Å². The van der Waals surface area contributed by atoms with E-state index in [9.17, 15) is 5.26 Å². The van der Waals surface area contributed by atoms with E-state index in [1.165, 1.54) is 0 Å². The molecule has 0 saturated carbocycles. The van der Waals surface area contributed by atoms with Crippen LogP contribution in [0.15, 0.2) is 28.5 Å². The highest BCUT2D eigenvalue weighted by atomic mass is 32.2. The maximum Gasteiger partial charge on any atom is 0.118 e. The third-order valence-corrected chi connectivity index (χ3v) is 4.96. The van der Waals surface area contributed by atoms with Gasteiger partial charge in [0.25, 0.3) is 0 Å². The molecule has 1 saturated heterocycles. The zero-order chi connectivity index (χ0) is 11.4. The van der Waals surface area contributed by atoms with Crippen LogP contribution in [0, 0.1) is 11.3 Å². The molecular weight excluding hydrogens is 238 g/mol. The second-order valence-electron chi connectivity index (χ2n) is 3.20. The first-order valence-electron chi connectivity index (χ1n) is 4.89. The molecule has 2 rings (SSSR count). The van der Waals surface area contributed by atoms with E-state index in [-0.39, 0.29) is 0 Å². The van der Waals surface area contributed by atoms with Gasteiger partial charge in [-0.25, -0.2) is 0 Å². The highest BCUT2D eigenvalue weighted by molar-refractivity contribution is 8.25. The first-order chi connectivity index (χ1) is 7.85. The molecule has 1 heterocycles. The fourth-order valence-corrected chi connectivity index (χ4v) is 3.93. The van der Waals surface area contributed by atoms with Gasteiger partial charge in [-0.2, -0.15) is 5.26 Å². The van der Waals surface area contributed by atoms with E-state index in [4.69, 9.17) is 4.74 Å². The number of rotatable bonds is 2. The zero-order valence-corrected chi connectivity index (χ0v) is 10.5. The molecule has 0 bridgehead atoms. The van der Waals surface area contributed by atoms with Crippen molar-refractivity contribution in [2.45, 2.75) is 0 Å². The van der Waals surface area contributed by atoms with Crippen LogP contribution >= 0.6 is 23.5 Å². The van der Waals surface area contributed by atoms with Crippen LogP contribution in [0.25, 0.3) is 5.57 Å². The first-order valence-corrected chi connectivity index (χ1v) is 6.86. The summed E-state index contributed by atoms with van der Waals surface area (Å²) in [5.41, 5.74) is 1.76. The van der Waals surface area contributed by atoms with Crippen molar-refractivity contribution < 1.29 is 4.74 Å². The van der Waals surface area contributed by atoms with Crippen LogP contribution in [-0.4, -0.2) is 18.6 Å². The molecule has 16 heavy (non-hydrogen) atoms. The predicted octanol–water partition coefficient (Wildman–Crippen LogP) is 3.37. The van der Waals surface area contributed by atoms with Crippen LogP contribution in [-0.2, 0) is 0 Å². The Kier molecular flexibility index (Phi) is 3.81. The Morgan fingerprint density at radius 1 is 1.25 bits per heavy atom. The molecule has 82 valence electrons. The minimum atomic E-state index is 0.787. The molecule has 0 aliphatic carbocycles. The van der Waals surface area contributed by atoms with Gasteiger partial charge in [0.15, 0.2) is 0 Å². The number of methoxy groups -OCH3 is 1. The topological polar surface area (TPSA) is 33.0 Å². The van der Waals surface area contributed by atoms with Gasteiger partial charge >= 0.3 is 0 Å². The summed E-state index contributed by atoms with van der Waals surface area (Å²) in [6.45, 7) is 0. The van der Waals surface area contributed by atoms with E-state index < -0.39 is 0 Å². The molecule has 1 aromatic rings. The van der Waals surface area contributed by atoms with Gasteiger partial charge in [-0.1, -0.05) is 0 Å². The maximum absolute atomic E-state index is 9.20. The van der Waals surface area contributed by atoms with E-state index >= 15 is 0 Å². The summed E-state index contributed by atoms with van der Waals surface area (Å²) < 4.78 is 6.24. The Morgan fingerprint density at radius 3 is 2.38 bits per heavy atom. The van der Waals surface area contributed by atoms with Crippen molar-refractivity contribution in [3.63, 3.8) is 0 Å². The summed E-state index contributed by atoms with van der Waals surface area (Å²) in [5, 5.41) is 9.20. The molecule has 2 nitrogen and oxygen atoms in total. The minimum absolute atomic E-state index is 0.787. The third kappa shape index (κ3) is 2.37. The average Bonchev–Trinajstić information content (AvgIpc) is 2.85. The summed E-state index contributed by atoms with van der Waals surface area (Å²) in [5.74, 6) is 3.01. The summed E-state index contributed by atoms with van der Waals surface area (Å²) in [4.78, 5) is 0. The number of benzene rings is 1. The van der Waals surface area contributed by atoms with Crippen LogP contribution in [0.3, 0.4) is 0 Å². The van der Waals surface area contributed by atoms with E-state index in [1.54, 1.807) is 30.6 Å². The van der Waals surface area contributed by atoms with Crippen molar-refractivity contribution in [3.8, 4) is 11.8 Å². The average molecular weight is 249 g/mol. The number of thioether (sulfide) groups is 2. The Hall–Kier alpha value is -1.05. The highest BCUT2D eigenvalue weighted by Crippen LogP contribution is 2.41. The van der Waals surface area contributed by atoms with Crippen molar-refractivity contribution >= 4 is 29.1 Å². The van der Waals surface area contributed by atoms with Crippen molar-refractivity contribution in [2.75, 3.05) is 18.6 Å². The van der Waals surface area contributed by atoms with Crippen molar-refractivity contribution in [1.82, 2.24) is 0 Å². The number of nitrogens with zero attached hydrogens (tertiary/aromatic N) is 1. The number of ether oxygens (including phenoxy) is 1. The van der Waals surface area contributed by atoms with Gasteiger partial charge in [0, 0.05) is 11.5 Å². The maximum atomic E-state index is 9.20. The molecular formula is C12H11NOS2.